The third-order valence-corrected chi connectivity index (χ3v) is 7.70. The van der Waals surface area contributed by atoms with Crippen molar-refractivity contribution in [3.63, 3.8) is 0 Å². The molecule has 3 aromatic rings. The van der Waals surface area contributed by atoms with Gasteiger partial charge in [-0.15, -0.1) is 11.3 Å². The molecule has 2 aliphatic rings. The molecule has 1 atom stereocenters. The van der Waals surface area contributed by atoms with E-state index in [1.165, 1.54) is 0 Å². The van der Waals surface area contributed by atoms with Gasteiger partial charge < -0.3 is 15.3 Å². The van der Waals surface area contributed by atoms with Crippen molar-refractivity contribution in [2.45, 2.75) is 18.8 Å². The van der Waals surface area contributed by atoms with E-state index in [0.717, 1.165) is 28.2 Å². The van der Waals surface area contributed by atoms with Crippen LogP contribution in [0.25, 0.3) is 11.1 Å². The SMILES string of the molecule is Cc1cccc2c1N(C)C(=O)C21CC(=O)Nc2c1sc(C(=O)O)c2-c1ccccc1Cl. The molecule has 156 valence electrons. The largest absolute Gasteiger partial charge is 0.477 e. The van der Waals surface area contributed by atoms with Crippen LogP contribution in [0.15, 0.2) is 42.5 Å². The van der Waals surface area contributed by atoms with Crippen LogP contribution in [-0.4, -0.2) is 29.9 Å². The summed E-state index contributed by atoms with van der Waals surface area (Å²) in [6.07, 6.45) is -0.0822. The third kappa shape index (κ3) is 2.53. The molecule has 2 N–H and O–H groups in total. The highest BCUT2D eigenvalue weighted by molar-refractivity contribution is 7.15. The number of carbonyl (C=O) groups is 3. The summed E-state index contributed by atoms with van der Waals surface area (Å²) in [7, 11) is 1.69. The first-order chi connectivity index (χ1) is 14.8. The van der Waals surface area contributed by atoms with Gasteiger partial charge in [-0.1, -0.05) is 48.0 Å². The number of fused-ring (bicyclic) bond motifs is 4. The molecule has 5 rings (SSSR count). The number of aromatic carboxylic acids is 1. The van der Waals surface area contributed by atoms with E-state index >= 15 is 0 Å². The quantitative estimate of drug-likeness (QED) is 0.591. The maximum Gasteiger partial charge on any atom is 0.346 e. The fourth-order valence-electron chi connectivity index (χ4n) is 4.77. The van der Waals surface area contributed by atoms with E-state index in [0.29, 0.717) is 26.7 Å². The number of hydrogen-bond donors (Lipinski definition) is 2. The number of para-hydroxylation sites is 1. The summed E-state index contributed by atoms with van der Waals surface area (Å²) in [5.41, 5.74) is 2.32. The minimum atomic E-state index is -1.26. The maximum atomic E-state index is 13.7. The average molecular weight is 453 g/mol. The molecule has 0 aliphatic carbocycles. The number of carbonyl (C=O) groups excluding carboxylic acids is 2. The Kier molecular flexibility index (Phi) is 4.26. The fraction of sp³-hybridized carbons (Fsp3) is 0.174. The zero-order valence-electron chi connectivity index (χ0n) is 16.7. The smallest absolute Gasteiger partial charge is 0.346 e. The monoisotopic (exact) mass is 452 g/mol. The molecule has 2 amide bonds. The highest BCUT2D eigenvalue weighted by Gasteiger charge is 2.57. The van der Waals surface area contributed by atoms with Crippen molar-refractivity contribution in [2.24, 2.45) is 0 Å². The van der Waals surface area contributed by atoms with Gasteiger partial charge in [-0.3, -0.25) is 9.59 Å². The van der Waals surface area contributed by atoms with E-state index in [-0.39, 0.29) is 23.1 Å². The number of likely N-dealkylation sites (N-methyl/N-ethyl adjacent to an activating group) is 1. The molecular weight excluding hydrogens is 436 g/mol. The molecule has 8 heteroatoms. The van der Waals surface area contributed by atoms with Crippen molar-refractivity contribution < 1.29 is 19.5 Å². The predicted octanol–water partition coefficient (Wildman–Crippen LogP) is 4.68. The van der Waals surface area contributed by atoms with Gasteiger partial charge in [0.2, 0.25) is 11.8 Å². The van der Waals surface area contributed by atoms with Gasteiger partial charge in [0.15, 0.2) is 0 Å². The lowest BCUT2D eigenvalue weighted by Crippen LogP contribution is -2.45. The number of thiophene rings is 1. The van der Waals surface area contributed by atoms with E-state index in [1.807, 2.05) is 25.1 Å². The Morgan fingerprint density at radius 1 is 1.19 bits per heavy atom. The van der Waals surface area contributed by atoms with E-state index in [4.69, 9.17) is 11.6 Å². The first-order valence-corrected chi connectivity index (χ1v) is 10.8. The zero-order valence-corrected chi connectivity index (χ0v) is 18.2. The van der Waals surface area contributed by atoms with E-state index < -0.39 is 11.4 Å². The minimum absolute atomic E-state index is 0.0382. The van der Waals surface area contributed by atoms with Crippen LogP contribution in [0.3, 0.4) is 0 Å². The Balaban J connectivity index is 1.89. The summed E-state index contributed by atoms with van der Waals surface area (Å²) in [5, 5.41) is 13.2. The molecule has 1 aromatic heterocycles. The molecule has 0 saturated carbocycles. The van der Waals surface area contributed by atoms with Crippen LogP contribution < -0.4 is 10.2 Å². The van der Waals surface area contributed by atoms with Crippen LogP contribution in [0, 0.1) is 6.92 Å². The lowest BCUT2D eigenvalue weighted by atomic mass is 9.74. The summed E-state index contributed by atoms with van der Waals surface area (Å²) >= 11 is 7.43. The normalized spacial score (nSPS) is 19.4. The number of carboxylic acids is 1. The number of amides is 2. The van der Waals surface area contributed by atoms with Crippen LogP contribution >= 0.6 is 22.9 Å². The van der Waals surface area contributed by atoms with E-state index in [9.17, 15) is 19.5 Å². The van der Waals surface area contributed by atoms with Gasteiger partial charge >= 0.3 is 5.97 Å². The second-order valence-electron chi connectivity index (χ2n) is 7.76. The zero-order chi connectivity index (χ0) is 22.1. The molecule has 31 heavy (non-hydrogen) atoms. The maximum absolute atomic E-state index is 13.7. The lowest BCUT2D eigenvalue weighted by molar-refractivity contribution is -0.126. The molecule has 1 unspecified atom stereocenters. The molecule has 2 aliphatic heterocycles. The summed E-state index contributed by atoms with van der Waals surface area (Å²) < 4.78 is 0. The highest BCUT2D eigenvalue weighted by atomic mass is 35.5. The number of nitrogens with zero attached hydrogens (tertiary/aromatic N) is 1. The van der Waals surface area contributed by atoms with Crippen molar-refractivity contribution in [3.8, 4) is 11.1 Å². The lowest BCUT2D eigenvalue weighted by Gasteiger charge is -2.32. The van der Waals surface area contributed by atoms with Gasteiger partial charge in [-0.05, 0) is 24.1 Å². The molecule has 3 heterocycles. The molecule has 0 fully saturated rings. The number of anilines is 2. The van der Waals surface area contributed by atoms with Crippen LogP contribution in [0.5, 0.6) is 0 Å². The Bertz CT molecular complexity index is 1310. The summed E-state index contributed by atoms with van der Waals surface area (Å²) in [4.78, 5) is 40.9. The van der Waals surface area contributed by atoms with Gasteiger partial charge in [0.1, 0.15) is 10.3 Å². The van der Waals surface area contributed by atoms with Gasteiger partial charge in [0.25, 0.3) is 0 Å². The predicted molar refractivity (Wildman–Crippen MR) is 120 cm³/mol. The second-order valence-corrected chi connectivity index (χ2v) is 9.19. The number of rotatable bonds is 2. The van der Waals surface area contributed by atoms with Crippen molar-refractivity contribution in [1.29, 1.82) is 0 Å². The first kappa shape index (κ1) is 19.8. The van der Waals surface area contributed by atoms with Crippen molar-refractivity contribution in [1.82, 2.24) is 0 Å². The van der Waals surface area contributed by atoms with Gasteiger partial charge in [-0.2, -0.15) is 0 Å². The Morgan fingerprint density at radius 3 is 2.65 bits per heavy atom. The summed E-state index contributed by atoms with van der Waals surface area (Å²) in [5.74, 6) is -1.72. The van der Waals surface area contributed by atoms with E-state index in [1.54, 1.807) is 36.2 Å². The Morgan fingerprint density at radius 2 is 1.94 bits per heavy atom. The number of nitrogens with one attached hydrogen (secondary N) is 1. The number of halogens is 1. The highest BCUT2D eigenvalue weighted by Crippen LogP contribution is 2.58. The van der Waals surface area contributed by atoms with Crippen molar-refractivity contribution >= 4 is 52.1 Å². The van der Waals surface area contributed by atoms with E-state index in [2.05, 4.69) is 5.32 Å². The van der Waals surface area contributed by atoms with Crippen LogP contribution in [0.4, 0.5) is 11.4 Å². The fourth-order valence-corrected chi connectivity index (χ4v) is 6.30. The minimum Gasteiger partial charge on any atom is -0.477 e. The van der Waals surface area contributed by atoms with Gasteiger partial charge in [0, 0.05) is 23.2 Å². The topological polar surface area (TPSA) is 86.7 Å². The average Bonchev–Trinajstić information content (AvgIpc) is 3.20. The van der Waals surface area contributed by atoms with Crippen molar-refractivity contribution in [2.75, 3.05) is 17.3 Å². The number of carboxylic acid groups (broad SMARTS) is 1. The standard InChI is InChI=1S/C23H17ClN2O4S/c1-11-6-5-8-13-18(11)26(2)22(30)23(13)10-15(27)25-17-16(12-7-3-4-9-14(12)24)19(21(28)29)31-20(17)23/h3-9H,10H2,1-2H3,(H,25,27)(H,28,29). The number of benzene rings is 2. The Hall–Kier alpha value is -3.16. The molecule has 0 radical (unpaired) electrons. The molecule has 0 bridgehead atoms. The van der Waals surface area contributed by atoms with Gasteiger partial charge in [-0.25, -0.2) is 4.79 Å². The molecule has 0 saturated heterocycles. The van der Waals surface area contributed by atoms with Crippen LogP contribution in [0.1, 0.15) is 32.1 Å². The first-order valence-electron chi connectivity index (χ1n) is 9.61. The van der Waals surface area contributed by atoms with Gasteiger partial charge in [0.05, 0.1) is 22.7 Å². The second kappa shape index (κ2) is 6.67. The summed E-state index contributed by atoms with van der Waals surface area (Å²) in [6.45, 7) is 1.91. The Labute approximate surface area is 187 Å². The molecule has 6 nitrogen and oxygen atoms in total. The summed E-state index contributed by atoms with van der Waals surface area (Å²) in [6, 6.07) is 12.5. The van der Waals surface area contributed by atoms with Crippen LogP contribution in [-0.2, 0) is 15.0 Å². The van der Waals surface area contributed by atoms with Crippen LogP contribution in [0.2, 0.25) is 5.02 Å². The molecule has 2 aromatic carbocycles. The number of aryl methyl sites for hydroxylation is 1. The molecule has 1 spiro atoms. The molecular formula is C23H17ClN2O4S. The number of hydrogen-bond acceptors (Lipinski definition) is 4. The third-order valence-electron chi connectivity index (χ3n) is 6.03. The van der Waals surface area contributed by atoms with Crippen molar-refractivity contribution in [3.05, 3.63) is 68.4 Å².